The van der Waals surface area contributed by atoms with E-state index in [-0.39, 0.29) is 17.7 Å². The smallest absolute Gasteiger partial charge is 0.281 e. The average Bonchev–Trinajstić information content (AvgIpc) is 2.98. The highest BCUT2D eigenvalue weighted by atomic mass is 35.5. The normalized spacial score (nSPS) is 28.4. The molecule has 0 aromatic heterocycles. The molecule has 0 atom stereocenters. The summed E-state index contributed by atoms with van der Waals surface area (Å²) in [5.41, 5.74) is 1.56. The molecule has 1 saturated heterocycles. The Kier molecular flexibility index (Phi) is 5.66. The van der Waals surface area contributed by atoms with Crippen LogP contribution in [0.15, 0.2) is 23.4 Å². The Hall–Kier alpha value is -1.59. The van der Waals surface area contributed by atoms with Gasteiger partial charge in [0.2, 0.25) is 0 Å². The monoisotopic (exact) mass is 403 g/mol. The van der Waals surface area contributed by atoms with Crippen molar-refractivity contribution in [1.29, 1.82) is 0 Å². The predicted molar refractivity (Wildman–Crippen MR) is 112 cm³/mol. The van der Waals surface area contributed by atoms with Gasteiger partial charge in [-0.15, -0.1) is 0 Å². The molecular weight excluding hydrogens is 374 g/mol. The van der Waals surface area contributed by atoms with Gasteiger partial charge in [-0.2, -0.15) is 0 Å². The van der Waals surface area contributed by atoms with Gasteiger partial charge in [0.1, 0.15) is 0 Å². The molecule has 1 N–H and O–H groups in total. The lowest BCUT2D eigenvalue weighted by molar-refractivity contribution is -0.113. The van der Waals surface area contributed by atoms with Crippen molar-refractivity contribution in [2.45, 2.75) is 64.5 Å². The zero-order valence-electron chi connectivity index (χ0n) is 16.8. The van der Waals surface area contributed by atoms with E-state index in [9.17, 15) is 10.0 Å². The lowest BCUT2D eigenvalue weighted by atomic mass is 9.79. The first-order valence-electron chi connectivity index (χ1n) is 10.6. The van der Waals surface area contributed by atoms with Gasteiger partial charge in [-0.05, 0) is 68.6 Å². The van der Waals surface area contributed by atoms with Gasteiger partial charge < -0.3 is 15.0 Å². The SMILES string of the molecule is CC(C)C1CCC(N2CCC(N3C(=O)/C(=N\O)c4cc(Cl)ccc43)CC2)CC1. The van der Waals surface area contributed by atoms with Gasteiger partial charge in [0.05, 0.1) is 5.69 Å². The molecule has 0 unspecified atom stereocenters. The fourth-order valence-corrected chi connectivity index (χ4v) is 5.52. The van der Waals surface area contributed by atoms with Gasteiger partial charge in [0.15, 0.2) is 5.71 Å². The van der Waals surface area contributed by atoms with Crippen LogP contribution < -0.4 is 4.90 Å². The summed E-state index contributed by atoms with van der Waals surface area (Å²) in [5.74, 6) is 1.47. The zero-order chi connectivity index (χ0) is 19.8. The topological polar surface area (TPSA) is 56.1 Å². The highest BCUT2D eigenvalue weighted by molar-refractivity contribution is 6.54. The molecule has 6 heteroatoms. The molecule has 5 nitrogen and oxygen atoms in total. The maximum atomic E-state index is 12.9. The van der Waals surface area contributed by atoms with Crippen molar-refractivity contribution in [1.82, 2.24) is 4.90 Å². The summed E-state index contributed by atoms with van der Waals surface area (Å²) in [6.07, 6.45) is 7.21. The molecular formula is C22H30ClN3O2. The Morgan fingerprint density at radius 3 is 2.36 bits per heavy atom. The van der Waals surface area contributed by atoms with Crippen molar-refractivity contribution in [3.8, 4) is 0 Å². The van der Waals surface area contributed by atoms with Crippen molar-refractivity contribution in [2.24, 2.45) is 17.0 Å². The predicted octanol–water partition coefficient (Wildman–Crippen LogP) is 4.54. The molecule has 4 rings (SSSR count). The third kappa shape index (κ3) is 3.55. The van der Waals surface area contributed by atoms with E-state index in [0.717, 1.165) is 43.5 Å². The number of benzene rings is 1. The summed E-state index contributed by atoms with van der Waals surface area (Å²) in [6.45, 7) is 6.75. The minimum atomic E-state index is -0.212. The Bertz CT molecular complexity index is 763. The van der Waals surface area contributed by atoms with Gasteiger partial charge in [-0.1, -0.05) is 30.6 Å². The van der Waals surface area contributed by atoms with E-state index in [1.807, 2.05) is 11.0 Å². The van der Waals surface area contributed by atoms with Gasteiger partial charge in [-0.25, -0.2) is 0 Å². The Labute approximate surface area is 172 Å². The quantitative estimate of drug-likeness (QED) is 0.595. The number of rotatable bonds is 3. The maximum absolute atomic E-state index is 12.9. The molecule has 1 amide bonds. The molecule has 0 radical (unpaired) electrons. The van der Waals surface area contributed by atoms with Crippen molar-refractivity contribution in [3.63, 3.8) is 0 Å². The molecule has 1 aromatic carbocycles. The largest absolute Gasteiger partial charge is 0.410 e. The molecule has 0 spiro atoms. The lowest BCUT2D eigenvalue weighted by Gasteiger charge is -2.43. The molecule has 2 heterocycles. The fraction of sp³-hybridized carbons (Fsp3) is 0.636. The van der Waals surface area contributed by atoms with E-state index < -0.39 is 0 Å². The zero-order valence-corrected chi connectivity index (χ0v) is 17.5. The van der Waals surface area contributed by atoms with Crippen molar-refractivity contribution in [2.75, 3.05) is 18.0 Å². The second-order valence-corrected chi connectivity index (χ2v) is 9.30. The molecule has 0 bridgehead atoms. The van der Waals surface area contributed by atoms with Crippen LogP contribution in [0.1, 0.15) is 57.9 Å². The number of amides is 1. The Morgan fingerprint density at radius 1 is 1.07 bits per heavy atom. The first-order chi connectivity index (χ1) is 13.5. The molecule has 1 saturated carbocycles. The number of hydrogen-bond acceptors (Lipinski definition) is 4. The number of anilines is 1. The number of fused-ring (bicyclic) bond motifs is 1. The van der Waals surface area contributed by atoms with Crippen molar-refractivity contribution >= 4 is 28.9 Å². The summed E-state index contributed by atoms with van der Waals surface area (Å²) < 4.78 is 0. The summed E-state index contributed by atoms with van der Waals surface area (Å²) in [5, 5.41) is 13.2. The van der Waals surface area contributed by atoms with Crippen LogP contribution in [0.2, 0.25) is 5.02 Å². The first-order valence-corrected chi connectivity index (χ1v) is 11.0. The fourth-order valence-electron chi connectivity index (χ4n) is 5.35. The molecule has 28 heavy (non-hydrogen) atoms. The highest BCUT2D eigenvalue weighted by Gasteiger charge is 2.40. The van der Waals surface area contributed by atoms with Crippen LogP contribution in [-0.4, -0.2) is 46.9 Å². The number of oxime groups is 1. The van der Waals surface area contributed by atoms with Gasteiger partial charge in [-0.3, -0.25) is 4.79 Å². The molecule has 2 fully saturated rings. The summed E-state index contributed by atoms with van der Waals surface area (Å²) >= 11 is 6.09. The minimum Gasteiger partial charge on any atom is -0.410 e. The van der Waals surface area contributed by atoms with E-state index in [1.165, 1.54) is 25.7 Å². The molecule has 1 aliphatic carbocycles. The van der Waals surface area contributed by atoms with Gasteiger partial charge in [0.25, 0.3) is 5.91 Å². The number of piperidine rings is 1. The van der Waals surface area contributed by atoms with Gasteiger partial charge >= 0.3 is 0 Å². The Morgan fingerprint density at radius 2 is 1.75 bits per heavy atom. The van der Waals surface area contributed by atoms with Crippen LogP contribution in [0.4, 0.5) is 5.69 Å². The molecule has 2 aliphatic heterocycles. The maximum Gasteiger partial charge on any atom is 0.281 e. The van der Waals surface area contributed by atoms with E-state index in [1.54, 1.807) is 12.1 Å². The first kappa shape index (κ1) is 19.7. The number of halogens is 1. The van der Waals surface area contributed by atoms with E-state index >= 15 is 0 Å². The van der Waals surface area contributed by atoms with Crippen LogP contribution in [0, 0.1) is 11.8 Å². The molecule has 1 aromatic rings. The summed E-state index contributed by atoms with van der Waals surface area (Å²) in [6, 6.07) is 6.23. The molecule has 152 valence electrons. The lowest BCUT2D eigenvalue weighted by Crippen LogP contribution is -2.50. The number of carbonyl (C=O) groups excluding carboxylic acids is 1. The van der Waals surface area contributed by atoms with E-state index in [4.69, 9.17) is 11.6 Å². The van der Waals surface area contributed by atoms with Crippen LogP contribution in [0.25, 0.3) is 0 Å². The Balaban J connectivity index is 1.41. The summed E-state index contributed by atoms with van der Waals surface area (Å²) in [4.78, 5) is 17.3. The van der Waals surface area contributed by atoms with E-state index in [0.29, 0.717) is 16.6 Å². The number of nitrogens with zero attached hydrogens (tertiary/aromatic N) is 3. The van der Waals surface area contributed by atoms with Crippen molar-refractivity contribution < 1.29 is 10.0 Å². The van der Waals surface area contributed by atoms with Crippen LogP contribution in [-0.2, 0) is 4.79 Å². The minimum absolute atomic E-state index is 0.104. The van der Waals surface area contributed by atoms with Crippen LogP contribution in [0.3, 0.4) is 0 Å². The van der Waals surface area contributed by atoms with Gasteiger partial charge in [0, 0.05) is 35.8 Å². The second-order valence-electron chi connectivity index (χ2n) is 8.86. The van der Waals surface area contributed by atoms with E-state index in [2.05, 4.69) is 23.9 Å². The number of carbonyl (C=O) groups is 1. The third-order valence-corrected chi connectivity index (χ3v) is 7.29. The second kappa shape index (κ2) is 8.03. The standard InChI is InChI=1S/C22H30ClN3O2/c1-14(2)15-3-6-17(7-4-15)25-11-9-18(10-12-25)26-20-8-5-16(23)13-19(20)21(24-28)22(26)27/h5,8,13-15,17-18,28H,3-4,6-7,9-12H2,1-2H3/b24-21-. The summed E-state index contributed by atoms with van der Waals surface area (Å²) in [7, 11) is 0. The van der Waals surface area contributed by atoms with Crippen LogP contribution in [0.5, 0.6) is 0 Å². The third-order valence-electron chi connectivity index (χ3n) is 7.06. The highest BCUT2D eigenvalue weighted by Crippen LogP contribution is 2.37. The van der Waals surface area contributed by atoms with Crippen molar-refractivity contribution in [3.05, 3.63) is 28.8 Å². The average molecular weight is 404 g/mol. The number of likely N-dealkylation sites (tertiary alicyclic amines) is 1. The van der Waals surface area contributed by atoms with Crippen LogP contribution >= 0.6 is 11.6 Å². The number of hydrogen-bond donors (Lipinski definition) is 1. The molecule has 3 aliphatic rings.